The van der Waals surface area contributed by atoms with Crippen LogP contribution in [0.2, 0.25) is 13.1 Å². The van der Waals surface area contributed by atoms with Gasteiger partial charge in [-0.15, -0.1) is 0 Å². The maximum atomic E-state index is 5.84. The van der Waals surface area contributed by atoms with E-state index in [0.717, 1.165) is 5.75 Å². The van der Waals surface area contributed by atoms with Gasteiger partial charge in [0, 0.05) is 7.11 Å². The van der Waals surface area contributed by atoms with Gasteiger partial charge in [-0.1, -0.05) is 64.1 Å². The highest BCUT2D eigenvalue weighted by molar-refractivity contribution is 6.84. The van der Waals surface area contributed by atoms with Crippen molar-refractivity contribution in [3.63, 3.8) is 0 Å². The molecule has 2 aromatic carbocycles. The average molecular weight is 429 g/mol. The standard InChI is InChI=1S/C14H22O.C13H22OSi/c1-6-11(2)12-8-7-9-13(10-12)15-14(3,4)5;1-6-11(2)12-7-9-13(10-8-12)15(4,5)14-3/h2*7-11H,6H2,1-5H3. The van der Waals surface area contributed by atoms with Crippen LogP contribution in [-0.4, -0.2) is 21.0 Å². The van der Waals surface area contributed by atoms with Gasteiger partial charge >= 0.3 is 0 Å². The van der Waals surface area contributed by atoms with Gasteiger partial charge in [-0.2, -0.15) is 0 Å². The fourth-order valence-electron chi connectivity index (χ4n) is 3.04. The molecule has 2 unspecified atom stereocenters. The van der Waals surface area contributed by atoms with Gasteiger partial charge in [0.25, 0.3) is 0 Å². The first kappa shape index (κ1) is 26.5. The van der Waals surface area contributed by atoms with E-state index in [1.807, 2.05) is 13.2 Å². The van der Waals surface area contributed by atoms with E-state index in [1.54, 1.807) is 0 Å². The van der Waals surface area contributed by atoms with Crippen molar-refractivity contribution in [1.29, 1.82) is 0 Å². The quantitative estimate of drug-likeness (QED) is 0.422. The minimum absolute atomic E-state index is 0.117. The lowest BCUT2D eigenvalue weighted by atomic mass is 9.98. The van der Waals surface area contributed by atoms with Crippen molar-refractivity contribution in [3.8, 4) is 5.75 Å². The SMILES string of the molecule is CCC(C)c1ccc([Si](C)(C)OC)cc1.CCC(C)c1cccc(OC(C)(C)C)c1. The molecule has 0 aliphatic carbocycles. The van der Waals surface area contributed by atoms with Crippen molar-refractivity contribution >= 4 is 13.5 Å². The van der Waals surface area contributed by atoms with E-state index in [9.17, 15) is 0 Å². The third-order valence-electron chi connectivity index (χ3n) is 5.76. The Kier molecular flexibility index (Phi) is 10.3. The Morgan fingerprint density at radius 2 is 1.37 bits per heavy atom. The predicted molar refractivity (Wildman–Crippen MR) is 135 cm³/mol. The minimum atomic E-state index is -1.62. The van der Waals surface area contributed by atoms with Crippen LogP contribution in [0.3, 0.4) is 0 Å². The summed E-state index contributed by atoms with van der Waals surface area (Å²) in [5, 5.41) is 1.37. The van der Waals surface area contributed by atoms with Gasteiger partial charge in [0.05, 0.1) is 0 Å². The second-order valence-corrected chi connectivity index (χ2v) is 13.7. The first-order chi connectivity index (χ1) is 13.9. The molecule has 30 heavy (non-hydrogen) atoms. The Morgan fingerprint density at radius 3 is 1.83 bits per heavy atom. The summed E-state index contributed by atoms with van der Waals surface area (Å²) >= 11 is 0. The van der Waals surface area contributed by atoms with E-state index < -0.39 is 8.32 Å². The molecular weight excluding hydrogens is 384 g/mol. The summed E-state index contributed by atoms with van der Waals surface area (Å²) in [5.74, 6) is 2.24. The zero-order valence-electron chi connectivity index (χ0n) is 21.0. The molecule has 0 aliphatic heterocycles. The molecule has 0 N–H and O–H groups in total. The van der Waals surface area contributed by atoms with Crippen LogP contribution in [-0.2, 0) is 4.43 Å². The first-order valence-corrected chi connectivity index (χ1v) is 14.3. The molecule has 0 bridgehead atoms. The van der Waals surface area contributed by atoms with Gasteiger partial charge in [0.1, 0.15) is 11.4 Å². The maximum Gasteiger partial charge on any atom is 0.217 e. The largest absolute Gasteiger partial charge is 0.488 e. The fourth-order valence-corrected chi connectivity index (χ4v) is 4.25. The summed E-state index contributed by atoms with van der Waals surface area (Å²) in [6, 6.07) is 17.4. The molecule has 3 heteroatoms. The second-order valence-electron chi connectivity index (χ2n) is 9.74. The summed E-state index contributed by atoms with van der Waals surface area (Å²) < 4.78 is 11.4. The van der Waals surface area contributed by atoms with Crippen LogP contribution >= 0.6 is 0 Å². The second kappa shape index (κ2) is 11.7. The van der Waals surface area contributed by atoms with E-state index >= 15 is 0 Å². The van der Waals surface area contributed by atoms with Crippen LogP contribution in [0.25, 0.3) is 0 Å². The van der Waals surface area contributed by atoms with Crippen LogP contribution < -0.4 is 9.92 Å². The maximum absolute atomic E-state index is 5.84. The Balaban J connectivity index is 0.000000300. The van der Waals surface area contributed by atoms with Crippen LogP contribution in [0.15, 0.2) is 48.5 Å². The molecule has 2 aromatic rings. The third kappa shape index (κ3) is 8.65. The van der Waals surface area contributed by atoms with E-state index in [1.165, 1.54) is 29.2 Å². The van der Waals surface area contributed by atoms with E-state index in [4.69, 9.17) is 9.16 Å². The summed E-state index contributed by atoms with van der Waals surface area (Å²) in [6.45, 7) is 19.6. The van der Waals surface area contributed by atoms with Gasteiger partial charge in [-0.05, 0) is 87.0 Å². The number of hydrogen-bond donors (Lipinski definition) is 0. The van der Waals surface area contributed by atoms with Crippen molar-refractivity contribution in [2.24, 2.45) is 0 Å². The van der Waals surface area contributed by atoms with Crippen LogP contribution in [0, 0.1) is 0 Å². The topological polar surface area (TPSA) is 18.5 Å². The predicted octanol–water partition coefficient (Wildman–Crippen LogP) is 7.64. The molecular formula is C27H44O2Si. The highest BCUT2D eigenvalue weighted by atomic mass is 28.4. The zero-order valence-corrected chi connectivity index (χ0v) is 22.0. The Hall–Kier alpha value is -1.58. The van der Waals surface area contributed by atoms with Gasteiger partial charge in [0.2, 0.25) is 8.32 Å². The lowest BCUT2D eigenvalue weighted by Crippen LogP contribution is -2.43. The molecule has 0 aromatic heterocycles. The zero-order chi connectivity index (χ0) is 22.9. The van der Waals surface area contributed by atoms with E-state index in [2.05, 4.69) is 104 Å². The normalized spacial score (nSPS) is 13.8. The molecule has 0 heterocycles. The summed E-state index contributed by atoms with van der Waals surface area (Å²) in [6.07, 6.45) is 2.36. The smallest absolute Gasteiger partial charge is 0.217 e. The Morgan fingerprint density at radius 1 is 0.833 bits per heavy atom. The minimum Gasteiger partial charge on any atom is -0.488 e. The van der Waals surface area contributed by atoms with Crippen molar-refractivity contribution in [2.45, 2.75) is 91.8 Å². The van der Waals surface area contributed by atoms with Crippen LogP contribution in [0.5, 0.6) is 5.75 Å². The molecule has 0 aliphatic rings. The van der Waals surface area contributed by atoms with Crippen molar-refractivity contribution in [1.82, 2.24) is 0 Å². The Labute approximate surface area is 187 Å². The van der Waals surface area contributed by atoms with E-state index in [0.29, 0.717) is 11.8 Å². The number of rotatable bonds is 7. The highest BCUT2D eigenvalue weighted by Crippen LogP contribution is 2.25. The summed E-state index contributed by atoms with van der Waals surface area (Å²) in [5.41, 5.74) is 2.68. The molecule has 0 amide bonds. The molecule has 2 atom stereocenters. The third-order valence-corrected chi connectivity index (χ3v) is 8.51. The lowest BCUT2D eigenvalue weighted by molar-refractivity contribution is 0.131. The monoisotopic (exact) mass is 428 g/mol. The molecule has 0 radical (unpaired) electrons. The molecule has 168 valence electrons. The van der Waals surface area contributed by atoms with Gasteiger partial charge < -0.3 is 9.16 Å². The van der Waals surface area contributed by atoms with Gasteiger partial charge in [-0.25, -0.2) is 0 Å². The molecule has 2 rings (SSSR count). The highest BCUT2D eigenvalue weighted by Gasteiger charge is 2.23. The first-order valence-electron chi connectivity index (χ1n) is 11.4. The van der Waals surface area contributed by atoms with Gasteiger partial charge in [-0.3, -0.25) is 0 Å². The molecule has 2 nitrogen and oxygen atoms in total. The summed E-state index contributed by atoms with van der Waals surface area (Å²) in [4.78, 5) is 0. The van der Waals surface area contributed by atoms with Crippen LogP contribution in [0.4, 0.5) is 0 Å². The van der Waals surface area contributed by atoms with Gasteiger partial charge in [0.15, 0.2) is 0 Å². The number of benzene rings is 2. The molecule has 0 saturated heterocycles. The van der Waals surface area contributed by atoms with E-state index in [-0.39, 0.29) is 5.60 Å². The van der Waals surface area contributed by atoms with Crippen LogP contribution in [0.1, 0.15) is 84.3 Å². The van der Waals surface area contributed by atoms with Crippen molar-refractivity contribution < 1.29 is 9.16 Å². The Bertz CT molecular complexity index is 744. The molecule has 0 saturated carbocycles. The average Bonchev–Trinajstić information content (AvgIpc) is 2.72. The number of hydrogen-bond acceptors (Lipinski definition) is 2. The van der Waals surface area contributed by atoms with Crippen molar-refractivity contribution in [2.75, 3.05) is 7.11 Å². The number of ether oxygens (including phenoxy) is 1. The van der Waals surface area contributed by atoms with Crippen molar-refractivity contribution in [3.05, 3.63) is 59.7 Å². The fraction of sp³-hybridized carbons (Fsp3) is 0.556. The molecule has 0 fully saturated rings. The molecule has 0 spiro atoms. The summed E-state index contributed by atoms with van der Waals surface area (Å²) in [7, 11) is 0.193. The lowest BCUT2D eigenvalue weighted by Gasteiger charge is -2.22.